The molecule has 0 amide bonds. The molecule has 2 nitrogen and oxygen atoms in total. The third kappa shape index (κ3) is 2.96. The maximum absolute atomic E-state index is 2.73. The molecule has 0 saturated carbocycles. The van der Waals surface area contributed by atoms with Crippen molar-refractivity contribution in [1.82, 2.24) is 7.71 Å². The van der Waals surface area contributed by atoms with E-state index in [-0.39, 0.29) is 0 Å². The van der Waals surface area contributed by atoms with E-state index in [1.54, 1.807) is 0 Å². The second-order valence-electron chi connectivity index (χ2n) is 6.01. The van der Waals surface area contributed by atoms with E-state index in [2.05, 4.69) is 49.3 Å². The van der Waals surface area contributed by atoms with Gasteiger partial charge in [0, 0.05) is 0 Å². The van der Waals surface area contributed by atoms with E-state index in [1.165, 1.54) is 13.1 Å². The van der Waals surface area contributed by atoms with Crippen molar-refractivity contribution >= 4 is 15.9 Å². The van der Waals surface area contributed by atoms with E-state index in [9.17, 15) is 0 Å². The Hall–Kier alpha value is 0.463. The number of hydrogen-bond acceptors (Lipinski definition) is 2. The van der Waals surface area contributed by atoms with Crippen molar-refractivity contribution in [1.29, 1.82) is 0 Å². The van der Waals surface area contributed by atoms with Gasteiger partial charge in [-0.1, -0.05) is 0 Å². The molecule has 1 aliphatic rings. The van der Waals surface area contributed by atoms with Gasteiger partial charge in [-0.25, -0.2) is 0 Å². The van der Waals surface area contributed by atoms with Crippen molar-refractivity contribution in [3.05, 3.63) is 0 Å². The Labute approximate surface area is 89.6 Å². The number of rotatable bonds is 0. The van der Waals surface area contributed by atoms with Crippen molar-refractivity contribution < 1.29 is 0 Å². The molecular weight excluding hydrogens is 221 g/mol. The van der Waals surface area contributed by atoms with Crippen molar-refractivity contribution in [3.63, 3.8) is 0 Å². The van der Waals surface area contributed by atoms with Crippen LogP contribution in [-0.4, -0.2) is 47.8 Å². The van der Waals surface area contributed by atoms with Crippen LogP contribution in [0.25, 0.3) is 0 Å². The van der Waals surface area contributed by atoms with Crippen molar-refractivity contribution in [2.45, 2.75) is 52.6 Å². The Morgan fingerprint density at radius 3 is 1.23 bits per heavy atom. The molecule has 13 heavy (non-hydrogen) atoms. The minimum absolute atomic E-state index is 0.403. The normalized spacial score (nSPS) is 22.6. The summed E-state index contributed by atoms with van der Waals surface area (Å²) >= 11 is -0.622. The number of hydrogen-bond donors (Lipinski definition) is 0. The van der Waals surface area contributed by atoms with Gasteiger partial charge in [0.1, 0.15) is 0 Å². The first-order valence-electron chi connectivity index (χ1n) is 5.21. The first-order chi connectivity index (χ1) is 5.71. The summed E-state index contributed by atoms with van der Waals surface area (Å²) in [6.07, 6.45) is 0. The average molecular weight is 245 g/mol. The molecule has 3 heteroatoms. The Bertz CT molecular complexity index is 158. The van der Waals surface area contributed by atoms with Crippen molar-refractivity contribution in [2.24, 2.45) is 0 Å². The molecule has 0 radical (unpaired) electrons. The summed E-state index contributed by atoms with van der Waals surface area (Å²) in [4.78, 5) is 0. The summed E-state index contributed by atoms with van der Waals surface area (Å²) in [5.74, 6) is 0. The average Bonchev–Trinajstić information content (AvgIpc) is 2.28. The Kier molecular flexibility index (Phi) is 3.15. The first-order valence-corrected chi connectivity index (χ1v) is 7.87. The van der Waals surface area contributed by atoms with Crippen LogP contribution in [0.1, 0.15) is 41.5 Å². The van der Waals surface area contributed by atoms with Crippen LogP contribution >= 0.6 is 0 Å². The Morgan fingerprint density at radius 2 is 1.08 bits per heavy atom. The second-order valence-corrected chi connectivity index (χ2v) is 9.81. The fourth-order valence-electron chi connectivity index (χ4n) is 1.68. The standard InChI is InChI=1S/C10H24GeN2/c1-9(2,3)12-7-8-13(11-12)10(4,5)6/h7-8,11H2,1-6H3. The molecule has 1 saturated heterocycles. The van der Waals surface area contributed by atoms with Crippen LogP contribution in [0.3, 0.4) is 0 Å². The molecule has 0 aromatic rings. The monoisotopic (exact) mass is 246 g/mol. The molecule has 78 valence electrons. The summed E-state index contributed by atoms with van der Waals surface area (Å²) in [6, 6.07) is 0. The maximum atomic E-state index is 2.73. The van der Waals surface area contributed by atoms with E-state index >= 15 is 0 Å². The molecule has 0 spiro atoms. The molecule has 0 bridgehead atoms. The fraction of sp³-hybridized carbons (Fsp3) is 1.00. The SMILES string of the molecule is CC(C)(C)[N]1CC[N](C(C)(C)C)[GeH2]1. The summed E-state index contributed by atoms with van der Waals surface area (Å²) in [5.41, 5.74) is 0.806. The third-order valence-electron chi connectivity index (χ3n) is 2.88. The van der Waals surface area contributed by atoms with E-state index in [0.717, 1.165) is 0 Å². The van der Waals surface area contributed by atoms with E-state index < -0.39 is 15.9 Å². The van der Waals surface area contributed by atoms with Gasteiger partial charge in [-0.3, -0.25) is 0 Å². The zero-order valence-corrected chi connectivity index (χ0v) is 13.0. The van der Waals surface area contributed by atoms with Gasteiger partial charge in [-0.05, 0) is 0 Å². The molecule has 0 aromatic heterocycles. The summed E-state index contributed by atoms with van der Waals surface area (Å²) in [6.45, 7) is 16.6. The van der Waals surface area contributed by atoms with Gasteiger partial charge >= 0.3 is 89.3 Å². The molecule has 1 fully saturated rings. The van der Waals surface area contributed by atoms with E-state index in [1.807, 2.05) is 0 Å². The van der Waals surface area contributed by atoms with Gasteiger partial charge in [-0.2, -0.15) is 0 Å². The quantitative estimate of drug-likeness (QED) is 0.591. The molecule has 0 aromatic carbocycles. The van der Waals surface area contributed by atoms with Crippen LogP contribution < -0.4 is 0 Å². The van der Waals surface area contributed by atoms with E-state index in [4.69, 9.17) is 0 Å². The molecular formula is C10H24GeN2. The van der Waals surface area contributed by atoms with Crippen LogP contribution in [0.4, 0.5) is 0 Å². The van der Waals surface area contributed by atoms with Crippen LogP contribution in [0.5, 0.6) is 0 Å². The minimum atomic E-state index is -0.622. The second kappa shape index (κ2) is 3.55. The molecule has 1 aliphatic heterocycles. The third-order valence-corrected chi connectivity index (χ3v) is 9.62. The van der Waals surface area contributed by atoms with Crippen LogP contribution in [0, 0.1) is 0 Å². The van der Waals surface area contributed by atoms with Gasteiger partial charge in [0.2, 0.25) is 0 Å². The van der Waals surface area contributed by atoms with E-state index in [0.29, 0.717) is 11.1 Å². The molecule has 0 atom stereocenters. The summed E-state index contributed by atoms with van der Waals surface area (Å²) in [5, 5.41) is 0. The topological polar surface area (TPSA) is 6.48 Å². The van der Waals surface area contributed by atoms with Gasteiger partial charge < -0.3 is 0 Å². The zero-order valence-electron chi connectivity index (χ0n) is 10.0. The Balaban J connectivity index is 2.55. The van der Waals surface area contributed by atoms with Gasteiger partial charge in [-0.15, -0.1) is 0 Å². The zero-order chi connectivity index (χ0) is 10.3. The predicted octanol–water partition coefficient (Wildman–Crippen LogP) is 1.20. The molecule has 1 rings (SSSR count). The molecule has 1 heterocycles. The molecule has 0 aliphatic carbocycles. The van der Waals surface area contributed by atoms with Crippen LogP contribution in [0.15, 0.2) is 0 Å². The fourth-order valence-corrected chi connectivity index (χ4v) is 5.52. The summed E-state index contributed by atoms with van der Waals surface area (Å²) in [7, 11) is 0. The van der Waals surface area contributed by atoms with Crippen LogP contribution in [-0.2, 0) is 0 Å². The number of nitrogens with zero attached hydrogens (tertiary/aromatic N) is 2. The van der Waals surface area contributed by atoms with Gasteiger partial charge in [0.15, 0.2) is 0 Å². The van der Waals surface area contributed by atoms with Crippen molar-refractivity contribution in [3.8, 4) is 0 Å². The predicted molar refractivity (Wildman–Crippen MR) is 61.5 cm³/mol. The molecule has 0 unspecified atom stereocenters. The van der Waals surface area contributed by atoms with Gasteiger partial charge in [0.25, 0.3) is 0 Å². The molecule has 0 N–H and O–H groups in total. The first kappa shape index (κ1) is 11.5. The van der Waals surface area contributed by atoms with Crippen molar-refractivity contribution in [2.75, 3.05) is 13.1 Å². The Morgan fingerprint density at radius 1 is 0.769 bits per heavy atom. The van der Waals surface area contributed by atoms with Gasteiger partial charge in [0.05, 0.1) is 0 Å². The van der Waals surface area contributed by atoms with Crippen LogP contribution in [0.2, 0.25) is 0 Å². The summed E-state index contributed by atoms with van der Waals surface area (Å²) < 4.78 is 5.45.